The molecule has 1 heterocycles. The van der Waals surface area contributed by atoms with Gasteiger partial charge < -0.3 is 15.7 Å². The van der Waals surface area contributed by atoms with E-state index < -0.39 is 0 Å². The van der Waals surface area contributed by atoms with Crippen LogP contribution in [0, 0.1) is 0 Å². The van der Waals surface area contributed by atoms with Crippen LogP contribution in [0.3, 0.4) is 0 Å². The molecule has 0 bridgehead atoms. The molecule has 0 aliphatic rings. The van der Waals surface area contributed by atoms with Crippen molar-refractivity contribution in [2.75, 3.05) is 23.8 Å². The highest BCUT2D eigenvalue weighted by atomic mass is 16.3. The van der Waals surface area contributed by atoms with Gasteiger partial charge in [-0.15, -0.1) is 0 Å². The fourth-order valence-electron chi connectivity index (χ4n) is 1.27. The van der Waals surface area contributed by atoms with Gasteiger partial charge in [-0.1, -0.05) is 0 Å². The number of nitrogen functional groups attached to an aromatic ring is 1. The molecule has 1 aromatic heterocycles. The number of hydrogen-bond donors (Lipinski definition) is 2. The lowest BCUT2D eigenvalue weighted by Crippen LogP contribution is -2.34. The average Bonchev–Trinajstić information content (AvgIpc) is 2.13. The summed E-state index contributed by atoms with van der Waals surface area (Å²) in [6.07, 6.45) is 1.62. The van der Waals surface area contributed by atoms with Gasteiger partial charge in [0.2, 0.25) is 5.95 Å². The number of nitrogens with zero attached hydrogens (tertiary/aromatic N) is 3. The van der Waals surface area contributed by atoms with Crippen LogP contribution in [0.1, 0.15) is 13.8 Å². The van der Waals surface area contributed by atoms with Crippen molar-refractivity contribution in [2.24, 2.45) is 0 Å². The van der Waals surface area contributed by atoms with E-state index in [0.717, 1.165) is 5.82 Å². The molecule has 0 saturated carbocycles. The summed E-state index contributed by atoms with van der Waals surface area (Å²) in [6.45, 7) is 4.72. The molecule has 78 valence electrons. The third-order valence-corrected chi connectivity index (χ3v) is 1.92. The lowest BCUT2D eigenvalue weighted by Gasteiger charge is -2.26. The fourth-order valence-corrected chi connectivity index (χ4v) is 1.27. The van der Waals surface area contributed by atoms with Crippen LogP contribution < -0.4 is 10.6 Å². The maximum absolute atomic E-state index is 8.90. The second kappa shape index (κ2) is 4.76. The van der Waals surface area contributed by atoms with Crippen LogP contribution in [0.25, 0.3) is 0 Å². The van der Waals surface area contributed by atoms with E-state index in [1.54, 1.807) is 12.3 Å². The summed E-state index contributed by atoms with van der Waals surface area (Å²) in [6, 6.07) is 2.06. The van der Waals surface area contributed by atoms with Crippen molar-refractivity contribution in [2.45, 2.75) is 19.9 Å². The van der Waals surface area contributed by atoms with Crippen LogP contribution in [0.4, 0.5) is 11.8 Å². The van der Waals surface area contributed by atoms with Gasteiger partial charge in [0.1, 0.15) is 5.82 Å². The fraction of sp³-hybridized carbons (Fsp3) is 0.556. The Balaban J connectivity index is 2.87. The van der Waals surface area contributed by atoms with E-state index >= 15 is 0 Å². The maximum atomic E-state index is 8.90. The summed E-state index contributed by atoms with van der Waals surface area (Å²) < 4.78 is 0. The predicted octanol–water partition coefficient (Wildman–Crippen LogP) is 0.266. The van der Waals surface area contributed by atoms with Crippen molar-refractivity contribution >= 4 is 11.8 Å². The number of rotatable bonds is 4. The van der Waals surface area contributed by atoms with Gasteiger partial charge in [0, 0.05) is 18.8 Å². The highest BCUT2D eigenvalue weighted by Gasteiger charge is 2.11. The first kappa shape index (κ1) is 10.7. The molecule has 1 aromatic rings. The van der Waals surface area contributed by atoms with E-state index in [-0.39, 0.29) is 18.6 Å². The summed E-state index contributed by atoms with van der Waals surface area (Å²) in [5, 5.41) is 8.90. The van der Waals surface area contributed by atoms with Crippen molar-refractivity contribution in [1.29, 1.82) is 0 Å². The molecule has 0 spiro atoms. The number of aliphatic hydroxyl groups is 1. The van der Waals surface area contributed by atoms with Crippen molar-refractivity contribution in [3.05, 3.63) is 12.3 Å². The Kier molecular flexibility index (Phi) is 3.64. The Bertz CT molecular complexity index is 290. The lowest BCUT2D eigenvalue weighted by molar-refractivity contribution is 0.298. The molecule has 0 atom stereocenters. The van der Waals surface area contributed by atoms with Gasteiger partial charge in [0.15, 0.2) is 0 Å². The van der Waals surface area contributed by atoms with Gasteiger partial charge in [-0.05, 0) is 19.9 Å². The minimum atomic E-state index is 0.0993. The molecule has 0 saturated heterocycles. The SMILES string of the molecule is CC(C)N(CCO)c1ccnc(N)n1. The van der Waals surface area contributed by atoms with E-state index in [1.165, 1.54) is 0 Å². The Hall–Kier alpha value is -1.36. The summed E-state index contributed by atoms with van der Waals surface area (Å²) in [5.74, 6) is 1.01. The minimum Gasteiger partial charge on any atom is -0.395 e. The average molecular weight is 196 g/mol. The third-order valence-electron chi connectivity index (χ3n) is 1.92. The van der Waals surface area contributed by atoms with Gasteiger partial charge in [0.05, 0.1) is 6.61 Å². The standard InChI is InChI=1S/C9H16N4O/c1-7(2)13(5-6-14)8-3-4-11-9(10)12-8/h3-4,7,14H,5-6H2,1-2H3,(H2,10,11,12). The highest BCUT2D eigenvalue weighted by molar-refractivity contribution is 5.41. The van der Waals surface area contributed by atoms with E-state index in [0.29, 0.717) is 6.54 Å². The topological polar surface area (TPSA) is 75.3 Å². The molecule has 0 aromatic carbocycles. The van der Waals surface area contributed by atoms with E-state index in [2.05, 4.69) is 9.97 Å². The van der Waals surface area contributed by atoms with Crippen molar-refractivity contribution < 1.29 is 5.11 Å². The lowest BCUT2D eigenvalue weighted by atomic mass is 10.3. The van der Waals surface area contributed by atoms with Crippen LogP contribution >= 0.6 is 0 Å². The van der Waals surface area contributed by atoms with Gasteiger partial charge in [-0.2, -0.15) is 4.98 Å². The van der Waals surface area contributed by atoms with E-state index in [1.807, 2.05) is 18.7 Å². The quantitative estimate of drug-likeness (QED) is 0.722. The molecule has 3 N–H and O–H groups in total. The zero-order valence-corrected chi connectivity index (χ0v) is 8.51. The van der Waals surface area contributed by atoms with Crippen LogP contribution in [-0.2, 0) is 0 Å². The first-order chi connectivity index (χ1) is 6.65. The Morgan fingerprint density at radius 3 is 2.79 bits per heavy atom. The molecule has 0 unspecified atom stereocenters. The number of hydrogen-bond acceptors (Lipinski definition) is 5. The second-order valence-corrected chi connectivity index (χ2v) is 3.28. The second-order valence-electron chi connectivity index (χ2n) is 3.28. The van der Waals surface area contributed by atoms with Crippen LogP contribution in [0.15, 0.2) is 12.3 Å². The molecule has 14 heavy (non-hydrogen) atoms. The monoisotopic (exact) mass is 196 g/mol. The van der Waals surface area contributed by atoms with Crippen LogP contribution in [0.5, 0.6) is 0 Å². The predicted molar refractivity (Wildman–Crippen MR) is 56.0 cm³/mol. The molecule has 5 heteroatoms. The number of nitrogens with two attached hydrogens (primary N) is 1. The smallest absolute Gasteiger partial charge is 0.221 e. The summed E-state index contributed by atoms with van der Waals surface area (Å²) in [4.78, 5) is 9.88. The van der Waals surface area contributed by atoms with E-state index in [4.69, 9.17) is 10.8 Å². The zero-order chi connectivity index (χ0) is 10.6. The van der Waals surface area contributed by atoms with E-state index in [9.17, 15) is 0 Å². The first-order valence-electron chi connectivity index (χ1n) is 4.61. The molecular formula is C9H16N4O. The molecule has 5 nitrogen and oxygen atoms in total. The molecule has 0 amide bonds. The molecule has 1 rings (SSSR count). The highest BCUT2D eigenvalue weighted by Crippen LogP contribution is 2.13. The summed E-state index contributed by atoms with van der Waals surface area (Å²) in [5.41, 5.74) is 5.48. The van der Waals surface area contributed by atoms with Crippen LogP contribution in [0.2, 0.25) is 0 Å². The maximum Gasteiger partial charge on any atom is 0.221 e. The van der Waals surface area contributed by atoms with Crippen LogP contribution in [-0.4, -0.2) is 34.3 Å². The molecule has 0 aliphatic carbocycles. The van der Waals surface area contributed by atoms with Gasteiger partial charge in [0.25, 0.3) is 0 Å². The first-order valence-corrected chi connectivity index (χ1v) is 4.61. The third kappa shape index (κ3) is 2.56. The summed E-state index contributed by atoms with van der Waals surface area (Å²) >= 11 is 0. The number of anilines is 2. The molecule has 0 aliphatic heterocycles. The van der Waals surface area contributed by atoms with Gasteiger partial charge in [-0.3, -0.25) is 0 Å². The Morgan fingerprint density at radius 2 is 2.29 bits per heavy atom. The van der Waals surface area contributed by atoms with Gasteiger partial charge in [-0.25, -0.2) is 4.98 Å². The van der Waals surface area contributed by atoms with Crippen molar-refractivity contribution in [1.82, 2.24) is 9.97 Å². The Labute approximate surface area is 83.6 Å². The summed E-state index contributed by atoms with van der Waals surface area (Å²) in [7, 11) is 0. The normalized spacial score (nSPS) is 10.6. The number of aliphatic hydroxyl groups excluding tert-OH is 1. The molecule has 0 radical (unpaired) electrons. The number of aromatic nitrogens is 2. The largest absolute Gasteiger partial charge is 0.395 e. The minimum absolute atomic E-state index is 0.0993. The van der Waals surface area contributed by atoms with Crippen molar-refractivity contribution in [3.63, 3.8) is 0 Å². The molecular weight excluding hydrogens is 180 g/mol. The van der Waals surface area contributed by atoms with Gasteiger partial charge >= 0.3 is 0 Å². The zero-order valence-electron chi connectivity index (χ0n) is 8.51. The molecule has 0 fully saturated rings. The van der Waals surface area contributed by atoms with Crippen molar-refractivity contribution in [3.8, 4) is 0 Å². The Morgan fingerprint density at radius 1 is 1.57 bits per heavy atom.